The van der Waals surface area contributed by atoms with Gasteiger partial charge >= 0.3 is 5.97 Å². The number of nitriles is 1. The SMILES string of the molecule is CCOc1ccccc1-c1ccc(-c2nc3cc(Cl)ccc3c(N[C@H](Cc3ccccc3)C(=O)O)c2C#N)cc1. The lowest BCUT2D eigenvalue weighted by molar-refractivity contribution is -0.137. The Morgan fingerprint density at radius 2 is 1.70 bits per heavy atom. The van der Waals surface area contributed by atoms with Crippen LogP contribution in [0.4, 0.5) is 5.69 Å². The Kier molecular flexibility index (Phi) is 7.95. The fraction of sp³-hybridized carbons (Fsp3) is 0.121. The number of para-hydroxylation sites is 1. The van der Waals surface area contributed by atoms with E-state index in [4.69, 9.17) is 21.3 Å². The first-order valence-corrected chi connectivity index (χ1v) is 13.3. The smallest absolute Gasteiger partial charge is 0.326 e. The van der Waals surface area contributed by atoms with Gasteiger partial charge in [-0.1, -0.05) is 84.4 Å². The van der Waals surface area contributed by atoms with Crippen LogP contribution in [-0.4, -0.2) is 28.7 Å². The maximum absolute atomic E-state index is 12.3. The summed E-state index contributed by atoms with van der Waals surface area (Å²) in [7, 11) is 0. The molecule has 0 radical (unpaired) electrons. The van der Waals surface area contributed by atoms with Crippen LogP contribution in [0.1, 0.15) is 18.1 Å². The number of carboxylic acids is 1. The lowest BCUT2D eigenvalue weighted by Crippen LogP contribution is -2.32. The van der Waals surface area contributed by atoms with E-state index >= 15 is 0 Å². The lowest BCUT2D eigenvalue weighted by Gasteiger charge is -2.20. The van der Waals surface area contributed by atoms with E-state index in [0.29, 0.717) is 39.5 Å². The number of fused-ring (bicyclic) bond motifs is 1. The Morgan fingerprint density at radius 3 is 2.40 bits per heavy atom. The Hall–Kier alpha value is -4.86. The van der Waals surface area contributed by atoms with E-state index < -0.39 is 12.0 Å². The van der Waals surface area contributed by atoms with Gasteiger partial charge in [-0.3, -0.25) is 0 Å². The van der Waals surface area contributed by atoms with Crippen molar-refractivity contribution in [3.8, 4) is 34.2 Å². The standard InChI is InChI=1S/C33H26ClN3O3/c1-2-40-30-11-7-6-10-25(30)22-12-14-23(15-13-22)31-27(20-35)32(26-17-16-24(34)19-28(26)36-31)37-29(33(38)39)18-21-8-4-3-5-9-21/h3-17,19,29H,2,18H2,1H3,(H,36,37)(H,38,39)/t29-/m1/s1. The molecule has 0 aliphatic heterocycles. The van der Waals surface area contributed by atoms with Gasteiger partial charge < -0.3 is 15.2 Å². The molecule has 0 spiro atoms. The molecular weight excluding hydrogens is 522 g/mol. The van der Waals surface area contributed by atoms with Gasteiger partial charge in [0.25, 0.3) is 0 Å². The molecule has 1 heterocycles. The molecule has 40 heavy (non-hydrogen) atoms. The highest BCUT2D eigenvalue weighted by atomic mass is 35.5. The summed E-state index contributed by atoms with van der Waals surface area (Å²) in [5.74, 6) is -0.232. The number of carboxylic acid groups (broad SMARTS) is 1. The number of nitrogens with zero attached hydrogens (tertiary/aromatic N) is 2. The second kappa shape index (κ2) is 11.9. The molecule has 0 aliphatic rings. The highest BCUT2D eigenvalue weighted by Crippen LogP contribution is 2.37. The zero-order valence-corrected chi connectivity index (χ0v) is 22.5. The average molecular weight is 548 g/mol. The zero-order chi connectivity index (χ0) is 28.1. The van der Waals surface area contributed by atoms with Crippen LogP contribution < -0.4 is 10.1 Å². The first-order chi connectivity index (χ1) is 19.5. The van der Waals surface area contributed by atoms with Crippen molar-refractivity contribution in [3.63, 3.8) is 0 Å². The van der Waals surface area contributed by atoms with Gasteiger partial charge in [0.2, 0.25) is 0 Å². The summed E-state index contributed by atoms with van der Waals surface area (Å²) in [6.07, 6.45) is 0.238. The molecular formula is C33H26ClN3O3. The van der Waals surface area contributed by atoms with Crippen molar-refractivity contribution in [1.29, 1.82) is 5.26 Å². The van der Waals surface area contributed by atoms with Crippen LogP contribution >= 0.6 is 11.6 Å². The number of nitrogens with one attached hydrogen (secondary N) is 1. The highest BCUT2D eigenvalue weighted by Gasteiger charge is 2.24. The van der Waals surface area contributed by atoms with Gasteiger partial charge in [-0.15, -0.1) is 0 Å². The number of halogens is 1. The average Bonchev–Trinajstić information content (AvgIpc) is 2.97. The number of hydrogen-bond acceptors (Lipinski definition) is 5. The summed E-state index contributed by atoms with van der Waals surface area (Å²) < 4.78 is 5.79. The molecule has 5 aromatic rings. The van der Waals surface area contributed by atoms with Gasteiger partial charge in [0.05, 0.1) is 23.5 Å². The molecule has 1 aromatic heterocycles. The monoisotopic (exact) mass is 547 g/mol. The van der Waals surface area contributed by atoms with Gasteiger partial charge in [0, 0.05) is 28.0 Å². The molecule has 0 fully saturated rings. The number of anilines is 1. The van der Waals surface area contributed by atoms with Crippen molar-refractivity contribution < 1.29 is 14.6 Å². The summed E-state index contributed by atoms with van der Waals surface area (Å²) in [4.78, 5) is 17.1. The Bertz CT molecular complexity index is 1710. The van der Waals surface area contributed by atoms with Crippen LogP contribution in [0.25, 0.3) is 33.3 Å². The van der Waals surface area contributed by atoms with E-state index in [1.165, 1.54) is 0 Å². The number of ether oxygens (including phenoxy) is 1. The normalized spacial score (nSPS) is 11.5. The van der Waals surface area contributed by atoms with E-state index in [0.717, 1.165) is 22.4 Å². The number of benzene rings is 4. The number of hydrogen-bond donors (Lipinski definition) is 2. The first-order valence-electron chi connectivity index (χ1n) is 12.9. The van der Waals surface area contributed by atoms with Crippen LogP contribution in [0.15, 0.2) is 97.1 Å². The summed E-state index contributed by atoms with van der Waals surface area (Å²) in [5, 5.41) is 24.7. The predicted molar refractivity (Wildman–Crippen MR) is 159 cm³/mol. The summed E-state index contributed by atoms with van der Waals surface area (Å²) in [6, 6.07) is 31.4. The molecule has 2 N–H and O–H groups in total. The van der Waals surface area contributed by atoms with Gasteiger partial charge in [0.15, 0.2) is 0 Å². The largest absolute Gasteiger partial charge is 0.493 e. The van der Waals surface area contributed by atoms with Gasteiger partial charge in [0.1, 0.15) is 23.4 Å². The van der Waals surface area contributed by atoms with Crippen molar-refractivity contribution in [1.82, 2.24) is 4.98 Å². The lowest BCUT2D eigenvalue weighted by atomic mass is 9.97. The third kappa shape index (κ3) is 5.61. The van der Waals surface area contributed by atoms with E-state index in [-0.39, 0.29) is 12.0 Å². The highest BCUT2D eigenvalue weighted by molar-refractivity contribution is 6.31. The predicted octanol–water partition coefficient (Wildman–Crippen LogP) is 7.60. The van der Waals surface area contributed by atoms with Gasteiger partial charge in [-0.25, -0.2) is 9.78 Å². The Balaban J connectivity index is 1.61. The summed E-state index contributed by atoms with van der Waals surface area (Å²) >= 11 is 6.30. The second-order valence-corrected chi connectivity index (χ2v) is 9.65. The molecule has 7 heteroatoms. The van der Waals surface area contributed by atoms with Crippen molar-refractivity contribution >= 4 is 34.2 Å². The molecule has 0 bridgehead atoms. The fourth-order valence-corrected chi connectivity index (χ4v) is 4.89. The minimum absolute atomic E-state index is 0.238. The minimum atomic E-state index is -1.02. The van der Waals surface area contributed by atoms with Crippen LogP contribution in [0.3, 0.4) is 0 Å². The van der Waals surface area contributed by atoms with Crippen molar-refractivity contribution in [2.75, 3.05) is 11.9 Å². The van der Waals surface area contributed by atoms with E-state index in [1.54, 1.807) is 18.2 Å². The van der Waals surface area contributed by atoms with Crippen molar-refractivity contribution in [3.05, 3.63) is 113 Å². The number of pyridine rings is 1. The Labute approximate surface area is 237 Å². The maximum atomic E-state index is 12.3. The molecule has 198 valence electrons. The molecule has 6 nitrogen and oxygen atoms in total. The molecule has 5 rings (SSSR count). The summed E-state index contributed by atoms with van der Waals surface area (Å²) in [6.45, 7) is 2.50. The van der Waals surface area contributed by atoms with Crippen molar-refractivity contribution in [2.24, 2.45) is 0 Å². The molecule has 0 saturated carbocycles. The first kappa shape index (κ1) is 26.7. The quantitative estimate of drug-likeness (QED) is 0.197. The molecule has 0 aliphatic carbocycles. The topological polar surface area (TPSA) is 95.2 Å². The Morgan fingerprint density at radius 1 is 1.00 bits per heavy atom. The second-order valence-electron chi connectivity index (χ2n) is 9.22. The van der Waals surface area contributed by atoms with Crippen LogP contribution in [0, 0.1) is 11.3 Å². The number of aromatic nitrogens is 1. The molecule has 0 amide bonds. The summed E-state index contributed by atoms with van der Waals surface area (Å²) in [5.41, 5.74) is 5.17. The number of carbonyl (C=O) groups is 1. The number of aliphatic carboxylic acids is 1. The fourth-order valence-electron chi connectivity index (χ4n) is 4.72. The zero-order valence-electron chi connectivity index (χ0n) is 21.8. The molecule has 1 atom stereocenters. The van der Waals surface area contributed by atoms with E-state index in [1.807, 2.05) is 85.8 Å². The minimum Gasteiger partial charge on any atom is -0.493 e. The van der Waals surface area contributed by atoms with Crippen molar-refractivity contribution in [2.45, 2.75) is 19.4 Å². The van der Waals surface area contributed by atoms with Crippen LogP contribution in [0.5, 0.6) is 5.75 Å². The maximum Gasteiger partial charge on any atom is 0.326 e. The molecule has 4 aromatic carbocycles. The molecule has 0 unspecified atom stereocenters. The van der Waals surface area contributed by atoms with Gasteiger partial charge in [-0.05, 0) is 42.3 Å². The number of rotatable bonds is 9. The van der Waals surface area contributed by atoms with Crippen LogP contribution in [0.2, 0.25) is 5.02 Å². The third-order valence-electron chi connectivity index (χ3n) is 6.62. The van der Waals surface area contributed by atoms with E-state index in [9.17, 15) is 15.2 Å². The van der Waals surface area contributed by atoms with E-state index in [2.05, 4.69) is 11.4 Å². The van der Waals surface area contributed by atoms with Crippen LogP contribution in [-0.2, 0) is 11.2 Å². The third-order valence-corrected chi connectivity index (χ3v) is 6.85. The molecule has 0 saturated heterocycles. The van der Waals surface area contributed by atoms with Gasteiger partial charge in [-0.2, -0.15) is 5.26 Å².